The van der Waals surface area contributed by atoms with Crippen molar-refractivity contribution < 1.29 is 4.84 Å². The van der Waals surface area contributed by atoms with Crippen LogP contribution in [0.15, 0.2) is 0 Å². The topological polar surface area (TPSA) is 38.5 Å². The van der Waals surface area contributed by atoms with Crippen LogP contribution in [0.2, 0.25) is 0 Å². The van der Waals surface area contributed by atoms with Gasteiger partial charge in [-0.1, -0.05) is 0 Å². The van der Waals surface area contributed by atoms with Gasteiger partial charge in [-0.3, -0.25) is 4.84 Å². The molecule has 11 heavy (non-hydrogen) atoms. The predicted octanol–water partition coefficient (Wildman–Crippen LogP) is -0.745. The lowest BCUT2D eigenvalue weighted by atomic mass is 10.1. The third-order valence-electron chi connectivity index (χ3n) is 1.75. The van der Waals surface area contributed by atoms with Gasteiger partial charge in [0.2, 0.25) is 0 Å². The number of nitrogens with zero attached hydrogens (tertiary/aromatic N) is 1. The third kappa shape index (κ3) is 2.90. The first kappa shape index (κ1) is 11.1. The number of hydrogen-bond acceptors (Lipinski definition) is 3. The molecule has 0 amide bonds. The number of nitrogens with two attached hydrogens (primary N) is 1. The van der Waals surface area contributed by atoms with E-state index in [1.165, 1.54) is 0 Å². The minimum absolute atomic E-state index is 0. The molecule has 1 saturated heterocycles. The largest absolute Gasteiger partial charge is 0.314 e. The normalized spacial score (nSPS) is 26.2. The molecule has 0 radical (unpaired) electrons. The Hall–Kier alpha value is 0.0969. The molecule has 1 fully saturated rings. The van der Waals surface area contributed by atoms with Crippen molar-refractivity contribution in [1.82, 2.24) is 5.06 Å². The highest BCUT2D eigenvalue weighted by Crippen LogP contribution is 2.24. The second kappa shape index (κ2) is 3.67. The van der Waals surface area contributed by atoms with Crippen molar-refractivity contribution in [3.05, 3.63) is 0 Å². The molecule has 2 N–H and O–H groups in total. The zero-order valence-corrected chi connectivity index (χ0v) is 6.92. The van der Waals surface area contributed by atoms with Crippen molar-refractivity contribution in [3.8, 4) is 0 Å². The maximum atomic E-state index is 5.62. The van der Waals surface area contributed by atoms with Crippen LogP contribution < -0.4 is 5.73 Å². The van der Waals surface area contributed by atoms with E-state index >= 15 is 0 Å². The average Bonchev–Trinajstić information content (AvgIpc) is 2.10. The van der Waals surface area contributed by atoms with Gasteiger partial charge in [0.25, 0.3) is 0 Å². The van der Waals surface area contributed by atoms with Gasteiger partial charge < -0.3 is 5.73 Å². The fourth-order valence-corrected chi connectivity index (χ4v) is 1.07. The Balaban J connectivity index is 0.000001000. The summed E-state index contributed by atoms with van der Waals surface area (Å²) in [6.07, 6.45) is 1.08. The molecule has 4 heteroatoms. The van der Waals surface area contributed by atoms with Gasteiger partial charge in [-0.15, -0.1) is 0 Å². The zero-order valence-electron chi connectivity index (χ0n) is 6.92. The standard InChI is InChI=1S/C7H16N2O.H4Si/c1-6(8)9-5-4-7(2,3)10-9;/h6H,4-5,8H2,1-3H3;1H4. The molecule has 0 aromatic rings. The molecular weight excluding hydrogens is 156 g/mol. The lowest BCUT2D eigenvalue weighted by Gasteiger charge is -2.22. The predicted molar refractivity (Wildman–Crippen MR) is 51.5 cm³/mol. The summed E-state index contributed by atoms with van der Waals surface area (Å²) in [5.41, 5.74) is 5.61. The van der Waals surface area contributed by atoms with Crippen LogP contribution >= 0.6 is 0 Å². The van der Waals surface area contributed by atoms with Gasteiger partial charge in [0.05, 0.1) is 11.8 Å². The van der Waals surface area contributed by atoms with E-state index in [9.17, 15) is 0 Å². The van der Waals surface area contributed by atoms with Crippen molar-refractivity contribution in [1.29, 1.82) is 0 Å². The summed E-state index contributed by atoms with van der Waals surface area (Å²) in [5, 5.41) is 1.83. The molecule has 0 aromatic heterocycles. The minimum atomic E-state index is -0.00632. The van der Waals surface area contributed by atoms with Gasteiger partial charge in [-0.2, -0.15) is 5.06 Å². The summed E-state index contributed by atoms with van der Waals surface area (Å²) in [7, 11) is 0. The van der Waals surface area contributed by atoms with Crippen LogP contribution in [0, 0.1) is 0 Å². The van der Waals surface area contributed by atoms with Crippen LogP contribution in [-0.4, -0.2) is 34.3 Å². The molecule has 0 aliphatic carbocycles. The quantitative estimate of drug-likeness (QED) is 0.535. The second-order valence-corrected chi connectivity index (χ2v) is 3.48. The molecule has 1 rings (SSSR count). The molecule has 1 heterocycles. The summed E-state index contributed by atoms with van der Waals surface area (Å²) < 4.78 is 0. The van der Waals surface area contributed by atoms with E-state index in [2.05, 4.69) is 13.8 Å². The monoisotopic (exact) mass is 176 g/mol. The van der Waals surface area contributed by atoms with Crippen LogP contribution in [0.1, 0.15) is 27.2 Å². The molecule has 1 atom stereocenters. The zero-order chi connectivity index (χ0) is 7.78. The number of rotatable bonds is 1. The molecule has 1 aliphatic rings. The van der Waals surface area contributed by atoms with E-state index in [-0.39, 0.29) is 22.7 Å². The third-order valence-corrected chi connectivity index (χ3v) is 1.75. The SMILES string of the molecule is CC(N)N1CCC(C)(C)O1.[SiH4]. The van der Waals surface area contributed by atoms with Gasteiger partial charge >= 0.3 is 0 Å². The van der Waals surface area contributed by atoms with Crippen LogP contribution in [-0.2, 0) is 4.84 Å². The highest BCUT2D eigenvalue weighted by Gasteiger charge is 2.31. The van der Waals surface area contributed by atoms with Gasteiger partial charge in [-0.05, 0) is 38.2 Å². The summed E-state index contributed by atoms with van der Waals surface area (Å²) in [5.74, 6) is 0. The van der Waals surface area contributed by atoms with Gasteiger partial charge in [0, 0.05) is 6.54 Å². The van der Waals surface area contributed by atoms with Crippen LogP contribution in [0.3, 0.4) is 0 Å². The first-order valence-corrected chi connectivity index (χ1v) is 3.73. The molecule has 0 spiro atoms. The molecule has 1 unspecified atom stereocenters. The Bertz CT molecular complexity index is 128. The van der Waals surface area contributed by atoms with E-state index in [1.807, 2.05) is 12.0 Å². The van der Waals surface area contributed by atoms with E-state index in [1.54, 1.807) is 0 Å². The van der Waals surface area contributed by atoms with E-state index in [0.29, 0.717) is 0 Å². The Morgan fingerprint density at radius 1 is 1.55 bits per heavy atom. The Morgan fingerprint density at radius 2 is 2.09 bits per heavy atom. The van der Waals surface area contributed by atoms with Gasteiger partial charge in [0.15, 0.2) is 0 Å². The molecular formula is C7H20N2OSi. The van der Waals surface area contributed by atoms with Crippen molar-refractivity contribution in [2.45, 2.75) is 39.0 Å². The average molecular weight is 176 g/mol. The fraction of sp³-hybridized carbons (Fsp3) is 1.00. The Morgan fingerprint density at radius 3 is 2.27 bits per heavy atom. The highest BCUT2D eigenvalue weighted by molar-refractivity contribution is 5.75. The number of hydroxylamine groups is 2. The summed E-state index contributed by atoms with van der Waals surface area (Å²) in [6.45, 7) is 7.04. The van der Waals surface area contributed by atoms with Crippen molar-refractivity contribution in [3.63, 3.8) is 0 Å². The van der Waals surface area contributed by atoms with Gasteiger partial charge in [-0.25, -0.2) is 0 Å². The number of hydrogen-bond donors (Lipinski definition) is 1. The molecule has 68 valence electrons. The van der Waals surface area contributed by atoms with E-state index in [0.717, 1.165) is 13.0 Å². The fourth-order valence-electron chi connectivity index (χ4n) is 1.07. The second-order valence-electron chi connectivity index (χ2n) is 3.48. The Kier molecular flexibility index (Phi) is 3.70. The minimum Gasteiger partial charge on any atom is -0.314 e. The Labute approximate surface area is 72.9 Å². The molecule has 0 bridgehead atoms. The van der Waals surface area contributed by atoms with Crippen molar-refractivity contribution in [2.75, 3.05) is 6.54 Å². The van der Waals surface area contributed by atoms with Crippen molar-refractivity contribution in [2.24, 2.45) is 5.73 Å². The van der Waals surface area contributed by atoms with Crippen LogP contribution in [0.4, 0.5) is 0 Å². The first-order valence-electron chi connectivity index (χ1n) is 3.73. The maximum Gasteiger partial charge on any atom is 0.0857 e. The summed E-state index contributed by atoms with van der Waals surface area (Å²) >= 11 is 0. The highest BCUT2D eigenvalue weighted by atomic mass is 28.1. The van der Waals surface area contributed by atoms with E-state index < -0.39 is 0 Å². The van der Waals surface area contributed by atoms with Crippen LogP contribution in [0.5, 0.6) is 0 Å². The van der Waals surface area contributed by atoms with Gasteiger partial charge in [0.1, 0.15) is 0 Å². The van der Waals surface area contributed by atoms with Crippen LogP contribution in [0.25, 0.3) is 0 Å². The summed E-state index contributed by atoms with van der Waals surface area (Å²) in [6, 6.07) is 0. The smallest absolute Gasteiger partial charge is 0.0857 e. The molecule has 1 aliphatic heterocycles. The lowest BCUT2D eigenvalue weighted by molar-refractivity contribution is -0.198. The van der Waals surface area contributed by atoms with E-state index in [4.69, 9.17) is 10.6 Å². The lowest BCUT2D eigenvalue weighted by Crippen LogP contribution is -2.37. The first-order chi connectivity index (χ1) is 4.51. The molecule has 0 aromatic carbocycles. The van der Waals surface area contributed by atoms with Crippen molar-refractivity contribution >= 4 is 11.0 Å². The molecule has 3 nitrogen and oxygen atoms in total. The summed E-state index contributed by atoms with van der Waals surface area (Å²) in [4.78, 5) is 5.52. The molecule has 0 saturated carbocycles. The maximum absolute atomic E-state index is 5.62.